The molecule has 0 nitrogen and oxygen atoms in total. The molecule has 0 aliphatic heterocycles. The van der Waals surface area contributed by atoms with Crippen LogP contribution in [0.25, 0.3) is 11.1 Å². The van der Waals surface area contributed by atoms with Gasteiger partial charge in [-0.2, -0.15) is 0 Å². The highest BCUT2D eigenvalue weighted by Gasteiger charge is 2.13. The van der Waals surface area contributed by atoms with E-state index in [0.29, 0.717) is 0 Å². The summed E-state index contributed by atoms with van der Waals surface area (Å²) < 4.78 is 14.2. The zero-order chi connectivity index (χ0) is 13.3. The van der Waals surface area contributed by atoms with Gasteiger partial charge in [0.2, 0.25) is 0 Å². The molecule has 0 fully saturated rings. The van der Waals surface area contributed by atoms with Crippen molar-refractivity contribution >= 4 is 0 Å². The average Bonchev–Trinajstić information content (AvgIpc) is 2.36. The summed E-state index contributed by atoms with van der Waals surface area (Å²) in [5.74, 6) is -0.0593. The van der Waals surface area contributed by atoms with Gasteiger partial charge >= 0.3 is 0 Å². The Hall–Kier alpha value is -1.63. The molecular formula is C17H19F. The highest BCUT2D eigenvalue weighted by atomic mass is 19.1. The summed E-state index contributed by atoms with van der Waals surface area (Å²) in [6.45, 7) is 8.02. The maximum Gasteiger partial charge on any atom is 0.129 e. The Balaban J connectivity index is 2.72. The van der Waals surface area contributed by atoms with Crippen molar-refractivity contribution in [2.24, 2.45) is 0 Å². The van der Waals surface area contributed by atoms with Gasteiger partial charge in [0.15, 0.2) is 0 Å². The maximum atomic E-state index is 14.2. The van der Waals surface area contributed by atoms with E-state index in [1.54, 1.807) is 0 Å². The van der Waals surface area contributed by atoms with Crippen LogP contribution in [0, 0.1) is 26.6 Å². The fraction of sp³-hybridized carbons (Fsp3) is 0.294. The highest BCUT2D eigenvalue weighted by Crippen LogP contribution is 2.31. The van der Waals surface area contributed by atoms with Gasteiger partial charge < -0.3 is 0 Å². The van der Waals surface area contributed by atoms with Gasteiger partial charge in [0.05, 0.1) is 0 Å². The topological polar surface area (TPSA) is 0 Å². The number of hydrogen-bond donors (Lipinski definition) is 0. The number of aryl methyl sites for hydroxylation is 2. The lowest BCUT2D eigenvalue weighted by atomic mass is 9.91. The standard InChI is InChI=1S/C17H19F/c1-5-14-16(10-9-12(3)17(14)18)15-8-6-7-11(2)13(15)4/h6-10H,5H2,1-4H3. The average molecular weight is 242 g/mol. The van der Waals surface area contributed by atoms with Crippen LogP contribution in [0.4, 0.5) is 4.39 Å². The molecule has 0 saturated carbocycles. The molecule has 0 atom stereocenters. The van der Waals surface area contributed by atoms with Gasteiger partial charge in [-0.05, 0) is 60.6 Å². The van der Waals surface area contributed by atoms with Gasteiger partial charge in [-0.1, -0.05) is 37.3 Å². The molecule has 0 spiro atoms. The summed E-state index contributed by atoms with van der Waals surface area (Å²) in [5, 5.41) is 0. The molecule has 1 heteroatoms. The fourth-order valence-corrected chi connectivity index (χ4v) is 2.38. The lowest BCUT2D eigenvalue weighted by Gasteiger charge is -2.14. The first-order valence-electron chi connectivity index (χ1n) is 6.40. The second-order valence-corrected chi connectivity index (χ2v) is 4.82. The Kier molecular flexibility index (Phi) is 3.51. The Labute approximate surface area is 108 Å². The maximum absolute atomic E-state index is 14.2. The van der Waals surface area contributed by atoms with Crippen molar-refractivity contribution in [1.82, 2.24) is 0 Å². The first kappa shape index (κ1) is 12.8. The molecule has 0 saturated heterocycles. The molecule has 94 valence electrons. The van der Waals surface area contributed by atoms with Crippen molar-refractivity contribution in [3.05, 3.63) is 58.4 Å². The molecule has 2 aromatic rings. The molecule has 0 unspecified atom stereocenters. The summed E-state index contributed by atoms with van der Waals surface area (Å²) in [4.78, 5) is 0. The molecule has 0 aliphatic rings. The van der Waals surface area contributed by atoms with Crippen molar-refractivity contribution in [1.29, 1.82) is 0 Å². The van der Waals surface area contributed by atoms with Crippen molar-refractivity contribution < 1.29 is 4.39 Å². The molecule has 0 aliphatic carbocycles. The third-order valence-electron chi connectivity index (χ3n) is 3.68. The van der Waals surface area contributed by atoms with Crippen molar-refractivity contribution in [3.63, 3.8) is 0 Å². The van der Waals surface area contributed by atoms with Crippen LogP contribution in [0.3, 0.4) is 0 Å². The van der Waals surface area contributed by atoms with E-state index in [-0.39, 0.29) is 5.82 Å². The van der Waals surface area contributed by atoms with Gasteiger partial charge in [-0.3, -0.25) is 0 Å². The van der Waals surface area contributed by atoms with Crippen LogP contribution < -0.4 is 0 Å². The molecule has 18 heavy (non-hydrogen) atoms. The normalized spacial score (nSPS) is 10.7. The predicted molar refractivity (Wildman–Crippen MR) is 75.4 cm³/mol. The fourth-order valence-electron chi connectivity index (χ4n) is 2.38. The summed E-state index contributed by atoms with van der Waals surface area (Å²) in [6.07, 6.45) is 0.718. The van der Waals surface area contributed by atoms with E-state index in [9.17, 15) is 4.39 Å². The number of hydrogen-bond acceptors (Lipinski definition) is 0. The van der Waals surface area contributed by atoms with E-state index in [2.05, 4.69) is 26.0 Å². The highest BCUT2D eigenvalue weighted by molar-refractivity contribution is 5.72. The molecule has 0 bridgehead atoms. The Bertz CT molecular complexity index is 582. The second-order valence-electron chi connectivity index (χ2n) is 4.82. The van der Waals surface area contributed by atoms with E-state index in [1.807, 2.05) is 32.0 Å². The van der Waals surface area contributed by atoms with Gasteiger partial charge in [0.1, 0.15) is 5.82 Å². The largest absolute Gasteiger partial charge is 0.206 e. The van der Waals surface area contributed by atoms with Crippen LogP contribution >= 0.6 is 0 Å². The quantitative estimate of drug-likeness (QED) is 0.696. The van der Waals surface area contributed by atoms with Crippen LogP contribution in [0.1, 0.15) is 29.2 Å². The second kappa shape index (κ2) is 4.93. The molecule has 0 heterocycles. The van der Waals surface area contributed by atoms with Crippen molar-refractivity contribution in [3.8, 4) is 11.1 Å². The van der Waals surface area contributed by atoms with E-state index in [4.69, 9.17) is 0 Å². The number of halogens is 1. The zero-order valence-electron chi connectivity index (χ0n) is 11.5. The molecule has 2 rings (SSSR count). The molecule has 0 aromatic heterocycles. The van der Waals surface area contributed by atoms with E-state index < -0.39 is 0 Å². The lowest BCUT2D eigenvalue weighted by Crippen LogP contribution is -1.97. The Morgan fingerprint density at radius 1 is 0.889 bits per heavy atom. The lowest BCUT2D eigenvalue weighted by molar-refractivity contribution is 0.604. The monoisotopic (exact) mass is 242 g/mol. The zero-order valence-corrected chi connectivity index (χ0v) is 11.5. The SMILES string of the molecule is CCc1c(-c2cccc(C)c2C)ccc(C)c1F. The molecular weight excluding hydrogens is 223 g/mol. The van der Waals surface area contributed by atoms with Crippen molar-refractivity contribution in [2.75, 3.05) is 0 Å². The summed E-state index contributed by atoms with van der Waals surface area (Å²) in [5.41, 5.74) is 6.20. The van der Waals surface area contributed by atoms with Crippen molar-refractivity contribution in [2.45, 2.75) is 34.1 Å². The Morgan fingerprint density at radius 3 is 2.28 bits per heavy atom. The predicted octanol–water partition coefficient (Wildman–Crippen LogP) is 4.98. The summed E-state index contributed by atoms with van der Waals surface area (Å²) >= 11 is 0. The molecule has 0 N–H and O–H groups in total. The third kappa shape index (κ3) is 2.05. The van der Waals surface area contributed by atoms with Gasteiger partial charge in [-0.15, -0.1) is 0 Å². The number of benzene rings is 2. The minimum absolute atomic E-state index is 0.0593. The van der Waals surface area contributed by atoms with Crippen LogP contribution in [0.2, 0.25) is 0 Å². The number of rotatable bonds is 2. The molecule has 0 radical (unpaired) electrons. The minimum atomic E-state index is -0.0593. The minimum Gasteiger partial charge on any atom is -0.206 e. The van der Waals surface area contributed by atoms with Gasteiger partial charge in [0, 0.05) is 0 Å². The van der Waals surface area contributed by atoms with E-state index >= 15 is 0 Å². The summed E-state index contributed by atoms with van der Waals surface area (Å²) in [6, 6.07) is 10.1. The first-order valence-corrected chi connectivity index (χ1v) is 6.40. The van der Waals surface area contributed by atoms with Crippen LogP contribution in [-0.4, -0.2) is 0 Å². The van der Waals surface area contributed by atoms with E-state index in [1.165, 1.54) is 11.1 Å². The Morgan fingerprint density at radius 2 is 1.61 bits per heavy atom. The van der Waals surface area contributed by atoms with Crippen LogP contribution in [0.15, 0.2) is 30.3 Å². The molecule has 2 aromatic carbocycles. The first-order chi connectivity index (χ1) is 8.56. The van der Waals surface area contributed by atoms with Crippen LogP contribution in [0.5, 0.6) is 0 Å². The van der Waals surface area contributed by atoms with Crippen LogP contribution in [-0.2, 0) is 6.42 Å². The van der Waals surface area contributed by atoms with Gasteiger partial charge in [-0.25, -0.2) is 4.39 Å². The van der Waals surface area contributed by atoms with Gasteiger partial charge in [0.25, 0.3) is 0 Å². The van der Waals surface area contributed by atoms with E-state index in [0.717, 1.165) is 28.7 Å². The third-order valence-corrected chi connectivity index (χ3v) is 3.68. The molecule has 0 amide bonds. The smallest absolute Gasteiger partial charge is 0.129 e. The summed E-state index contributed by atoms with van der Waals surface area (Å²) in [7, 11) is 0.